The number of aromatic hydroxyl groups is 1. The number of imidazole rings is 1. The number of rotatable bonds is 5. The van der Waals surface area contributed by atoms with Gasteiger partial charge in [0.1, 0.15) is 17.8 Å². The normalized spacial score (nSPS) is 10.3. The Hall–Kier alpha value is -4.14. The van der Waals surface area contributed by atoms with Crippen molar-refractivity contribution in [3.8, 4) is 11.4 Å². The summed E-state index contributed by atoms with van der Waals surface area (Å²) in [4.78, 5) is 39.9. The van der Waals surface area contributed by atoms with Crippen LogP contribution in [0.2, 0.25) is 0 Å². The number of carbonyl (C=O) groups excluding carboxylic acids is 3. The number of para-hydroxylation sites is 1. The van der Waals surface area contributed by atoms with Crippen LogP contribution in [-0.4, -0.2) is 39.4 Å². The summed E-state index contributed by atoms with van der Waals surface area (Å²) < 4.78 is 1.39. The predicted octanol–water partition coefficient (Wildman–Crippen LogP) is 1.29. The number of hydrogen-bond donors (Lipinski definition) is 4. The van der Waals surface area contributed by atoms with Gasteiger partial charge >= 0.3 is 0 Å². The number of amides is 3. The third kappa shape index (κ3) is 3.54. The lowest BCUT2D eigenvalue weighted by molar-refractivity contribution is 0.0937. The van der Waals surface area contributed by atoms with E-state index in [-0.39, 0.29) is 22.7 Å². The summed E-state index contributed by atoms with van der Waals surface area (Å²) in [6, 6.07) is 12.7. The smallest absolute Gasteiger partial charge is 0.272 e. The molecule has 0 unspecified atom stereocenters. The van der Waals surface area contributed by atoms with Crippen LogP contribution in [0, 0.1) is 0 Å². The number of nitrogens with one attached hydrogen (secondary N) is 2. The average Bonchev–Trinajstić information content (AvgIpc) is 3.13. The standard InChI is InChI=1S/C19H17N5O4/c1-21-19(28)15-16(17(20)26)24(10-22-15)12-8-6-11(7-9-12)23-18(27)13-4-2-3-5-14(13)25/h2-10,25H,1H3,(H2,20,26)(H,21,28)(H,23,27). The van der Waals surface area contributed by atoms with E-state index in [1.165, 1.54) is 30.1 Å². The van der Waals surface area contributed by atoms with Crippen LogP contribution in [0.25, 0.3) is 5.69 Å². The Morgan fingerprint density at radius 2 is 1.71 bits per heavy atom. The van der Waals surface area contributed by atoms with Gasteiger partial charge in [-0.1, -0.05) is 12.1 Å². The van der Waals surface area contributed by atoms with E-state index in [9.17, 15) is 19.5 Å². The lowest BCUT2D eigenvalue weighted by Gasteiger charge is -2.10. The van der Waals surface area contributed by atoms with Crippen molar-refractivity contribution in [2.75, 3.05) is 12.4 Å². The molecule has 9 heteroatoms. The highest BCUT2D eigenvalue weighted by atomic mass is 16.3. The van der Waals surface area contributed by atoms with Crippen LogP contribution in [0.1, 0.15) is 31.3 Å². The molecule has 142 valence electrons. The molecule has 0 spiro atoms. The fraction of sp³-hybridized carbons (Fsp3) is 0.0526. The van der Waals surface area contributed by atoms with E-state index in [4.69, 9.17) is 5.73 Å². The molecule has 3 aromatic rings. The van der Waals surface area contributed by atoms with Crippen LogP contribution in [0.4, 0.5) is 5.69 Å². The van der Waals surface area contributed by atoms with Gasteiger partial charge in [-0.15, -0.1) is 0 Å². The summed E-state index contributed by atoms with van der Waals surface area (Å²) in [5.41, 5.74) is 6.42. The maximum absolute atomic E-state index is 12.3. The molecule has 0 fully saturated rings. The fourth-order valence-corrected chi connectivity index (χ4v) is 2.63. The molecule has 0 saturated carbocycles. The van der Waals surface area contributed by atoms with E-state index in [2.05, 4.69) is 15.6 Å². The van der Waals surface area contributed by atoms with Gasteiger partial charge in [0, 0.05) is 18.4 Å². The van der Waals surface area contributed by atoms with Crippen LogP contribution in [0.3, 0.4) is 0 Å². The van der Waals surface area contributed by atoms with Crippen molar-refractivity contribution in [1.29, 1.82) is 0 Å². The molecule has 1 heterocycles. The first kappa shape index (κ1) is 18.6. The van der Waals surface area contributed by atoms with Gasteiger partial charge in [-0.05, 0) is 36.4 Å². The number of benzene rings is 2. The zero-order valence-corrected chi connectivity index (χ0v) is 14.8. The highest BCUT2D eigenvalue weighted by Gasteiger charge is 2.22. The topological polar surface area (TPSA) is 139 Å². The molecule has 9 nitrogen and oxygen atoms in total. The van der Waals surface area contributed by atoms with E-state index >= 15 is 0 Å². The Kier molecular flexibility index (Phi) is 5.07. The van der Waals surface area contributed by atoms with Gasteiger partial charge in [0.05, 0.1) is 5.56 Å². The van der Waals surface area contributed by atoms with E-state index in [1.54, 1.807) is 36.4 Å². The van der Waals surface area contributed by atoms with Gasteiger partial charge in [0.2, 0.25) is 0 Å². The first-order valence-corrected chi connectivity index (χ1v) is 8.21. The minimum Gasteiger partial charge on any atom is -0.507 e. The van der Waals surface area contributed by atoms with E-state index < -0.39 is 17.7 Å². The molecule has 5 N–H and O–H groups in total. The maximum Gasteiger partial charge on any atom is 0.272 e. The zero-order chi connectivity index (χ0) is 20.3. The minimum atomic E-state index is -0.798. The Morgan fingerprint density at radius 1 is 1.04 bits per heavy atom. The number of aromatic nitrogens is 2. The van der Waals surface area contributed by atoms with Crippen LogP contribution in [0.15, 0.2) is 54.9 Å². The Morgan fingerprint density at radius 3 is 2.32 bits per heavy atom. The summed E-state index contributed by atoms with van der Waals surface area (Å²) in [6.45, 7) is 0. The highest BCUT2D eigenvalue weighted by molar-refractivity contribution is 6.06. The first-order chi connectivity index (χ1) is 13.4. The number of nitrogens with zero attached hydrogens (tertiary/aromatic N) is 2. The predicted molar refractivity (Wildman–Crippen MR) is 102 cm³/mol. The molecule has 1 aromatic heterocycles. The second-order valence-electron chi connectivity index (χ2n) is 5.77. The van der Waals surface area contributed by atoms with Crippen molar-refractivity contribution in [3.63, 3.8) is 0 Å². The summed E-state index contributed by atoms with van der Waals surface area (Å²) in [6.07, 6.45) is 1.32. The number of nitrogens with two attached hydrogens (primary N) is 1. The molecular weight excluding hydrogens is 362 g/mol. The summed E-state index contributed by atoms with van der Waals surface area (Å²) in [7, 11) is 1.42. The minimum absolute atomic E-state index is 0.0506. The number of phenolic OH excluding ortho intramolecular Hbond substituents is 1. The molecule has 0 saturated heterocycles. The van der Waals surface area contributed by atoms with Crippen LogP contribution < -0.4 is 16.4 Å². The van der Waals surface area contributed by atoms with Crippen molar-refractivity contribution < 1.29 is 19.5 Å². The number of carbonyl (C=O) groups is 3. The van der Waals surface area contributed by atoms with Crippen molar-refractivity contribution >= 4 is 23.4 Å². The highest BCUT2D eigenvalue weighted by Crippen LogP contribution is 2.20. The Labute approximate surface area is 159 Å². The molecule has 3 rings (SSSR count). The van der Waals surface area contributed by atoms with Gasteiger partial charge in [0.25, 0.3) is 17.7 Å². The summed E-state index contributed by atoms with van der Waals surface area (Å²) in [5.74, 6) is -1.91. The maximum atomic E-state index is 12.3. The molecular formula is C19H17N5O4. The van der Waals surface area contributed by atoms with Gasteiger partial charge in [-0.25, -0.2) is 4.98 Å². The molecule has 3 amide bonds. The number of primary amides is 1. The molecule has 0 aliphatic rings. The Balaban J connectivity index is 1.87. The van der Waals surface area contributed by atoms with E-state index in [0.29, 0.717) is 11.4 Å². The van der Waals surface area contributed by atoms with E-state index in [0.717, 1.165) is 0 Å². The average molecular weight is 379 g/mol. The molecule has 0 radical (unpaired) electrons. The zero-order valence-electron chi connectivity index (χ0n) is 14.8. The first-order valence-electron chi connectivity index (χ1n) is 8.21. The number of anilines is 1. The SMILES string of the molecule is CNC(=O)c1ncn(-c2ccc(NC(=O)c3ccccc3O)cc2)c1C(N)=O. The lowest BCUT2D eigenvalue weighted by atomic mass is 10.2. The summed E-state index contributed by atoms with van der Waals surface area (Å²) >= 11 is 0. The van der Waals surface area contributed by atoms with E-state index in [1.807, 2.05) is 0 Å². The van der Waals surface area contributed by atoms with Crippen LogP contribution in [0.5, 0.6) is 5.75 Å². The molecule has 0 atom stereocenters. The van der Waals surface area contributed by atoms with Crippen molar-refractivity contribution in [2.45, 2.75) is 0 Å². The fourth-order valence-electron chi connectivity index (χ4n) is 2.63. The van der Waals surface area contributed by atoms with Gasteiger partial charge in [-0.3, -0.25) is 19.0 Å². The second kappa shape index (κ2) is 7.62. The van der Waals surface area contributed by atoms with Gasteiger partial charge < -0.3 is 21.5 Å². The molecule has 28 heavy (non-hydrogen) atoms. The quantitative estimate of drug-likeness (QED) is 0.529. The summed E-state index contributed by atoms with van der Waals surface area (Å²) in [5, 5.41) is 14.8. The van der Waals surface area contributed by atoms with Crippen LogP contribution in [-0.2, 0) is 0 Å². The van der Waals surface area contributed by atoms with Crippen molar-refractivity contribution in [3.05, 3.63) is 71.8 Å². The van der Waals surface area contributed by atoms with Gasteiger partial charge in [-0.2, -0.15) is 0 Å². The number of phenols is 1. The largest absolute Gasteiger partial charge is 0.507 e. The second-order valence-corrected chi connectivity index (χ2v) is 5.77. The number of hydrogen-bond acceptors (Lipinski definition) is 5. The molecule has 0 aliphatic heterocycles. The Bertz CT molecular complexity index is 1060. The third-order valence-corrected chi connectivity index (χ3v) is 4.00. The van der Waals surface area contributed by atoms with Crippen LogP contribution >= 0.6 is 0 Å². The molecule has 2 aromatic carbocycles. The lowest BCUT2D eigenvalue weighted by Crippen LogP contribution is -2.25. The third-order valence-electron chi connectivity index (χ3n) is 4.00. The van der Waals surface area contributed by atoms with Gasteiger partial charge in [0.15, 0.2) is 5.69 Å². The molecule has 0 aliphatic carbocycles. The monoisotopic (exact) mass is 379 g/mol. The van der Waals surface area contributed by atoms with Crippen molar-refractivity contribution in [1.82, 2.24) is 14.9 Å². The van der Waals surface area contributed by atoms with Crippen molar-refractivity contribution in [2.24, 2.45) is 5.73 Å². The molecule has 0 bridgehead atoms.